The minimum Gasteiger partial charge on any atom is -0.548 e. The van der Waals surface area contributed by atoms with Crippen molar-refractivity contribution in [2.24, 2.45) is 0 Å². The second-order valence-corrected chi connectivity index (χ2v) is 6.14. The van der Waals surface area contributed by atoms with Gasteiger partial charge >= 0.3 is 29.6 Å². The summed E-state index contributed by atoms with van der Waals surface area (Å²) in [6.45, 7) is 2.80. The van der Waals surface area contributed by atoms with Crippen LogP contribution in [0.5, 0.6) is 0 Å². The molecule has 0 bridgehead atoms. The molecule has 0 radical (unpaired) electrons. The Morgan fingerprint density at radius 1 is 1.00 bits per heavy atom. The third kappa shape index (κ3) is 8.54. The Balaban J connectivity index is 0.00000441. The number of rotatable bonds is 11. The van der Waals surface area contributed by atoms with E-state index in [1.807, 2.05) is 0 Å². The van der Waals surface area contributed by atoms with Gasteiger partial charge in [0.15, 0.2) is 0 Å². The second kappa shape index (κ2) is 13.4. The maximum atomic E-state index is 12.0. The Morgan fingerprint density at radius 2 is 1.55 bits per heavy atom. The zero-order chi connectivity index (χ0) is 15.5. The Bertz CT molecular complexity index is 323. The molecule has 0 spiro atoms. The number of likely N-dealkylation sites (tertiary alicyclic amines) is 1. The summed E-state index contributed by atoms with van der Waals surface area (Å²) in [6, 6.07) is -0.684. The van der Waals surface area contributed by atoms with Crippen molar-refractivity contribution in [3.63, 3.8) is 0 Å². The van der Waals surface area contributed by atoms with Gasteiger partial charge in [0.25, 0.3) is 0 Å². The number of carbonyl (C=O) groups is 2. The van der Waals surface area contributed by atoms with E-state index >= 15 is 0 Å². The first-order valence-corrected chi connectivity index (χ1v) is 8.67. The van der Waals surface area contributed by atoms with Crippen LogP contribution in [0, 0.1) is 0 Å². The molecule has 0 aromatic carbocycles. The molecular weight excluding hydrogens is 289 g/mol. The van der Waals surface area contributed by atoms with Crippen molar-refractivity contribution in [2.45, 2.75) is 90.0 Å². The number of aliphatic carboxylic acids is 1. The van der Waals surface area contributed by atoms with Gasteiger partial charge in [-0.2, -0.15) is 0 Å². The van der Waals surface area contributed by atoms with Crippen LogP contribution in [0.1, 0.15) is 84.0 Å². The summed E-state index contributed by atoms with van der Waals surface area (Å²) >= 11 is 0. The van der Waals surface area contributed by atoms with E-state index in [-0.39, 0.29) is 35.5 Å². The van der Waals surface area contributed by atoms with Crippen LogP contribution in [0.2, 0.25) is 0 Å². The summed E-state index contributed by atoms with van der Waals surface area (Å²) in [7, 11) is 0. The third-order valence-electron chi connectivity index (χ3n) is 4.34. The molecule has 1 aliphatic heterocycles. The van der Waals surface area contributed by atoms with Crippen LogP contribution in [-0.2, 0) is 9.59 Å². The minimum absolute atomic E-state index is 0. The molecule has 0 N–H and O–H groups in total. The first-order valence-electron chi connectivity index (χ1n) is 8.67. The van der Waals surface area contributed by atoms with Crippen molar-refractivity contribution in [1.82, 2.24) is 4.90 Å². The summed E-state index contributed by atoms with van der Waals surface area (Å²) < 4.78 is 0. The van der Waals surface area contributed by atoms with Crippen LogP contribution in [-0.4, -0.2) is 29.4 Å². The predicted molar refractivity (Wildman–Crippen MR) is 81.6 cm³/mol. The number of nitrogens with zero attached hydrogens (tertiary/aromatic N) is 1. The molecule has 5 heteroatoms. The normalized spacial score (nSPS) is 17.3. The summed E-state index contributed by atoms with van der Waals surface area (Å²) in [5, 5.41) is 10.9. The van der Waals surface area contributed by atoms with E-state index in [1.54, 1.807) is 0 Å². The fourth-order valence-electron chi connectivity index (χ4n) is 3.04. The van der Waals surface area contributed by atoms with Gasteiger partial charge in [-0.1, -0.05) is 58.3 Å². The molecule has 0 aliphatic carbocycles. The number of carboxylic acids is 1. The largest absolute Gasteiger partial charge is 1.00 e. The number of hydrogen-bond donors (Lipinski definition) is 0. The van der Waals surface area contributed by atoms with E-state index in [1.165, 1.54) is 49.8 Å². The van der Waals surface area contributed by atoms with Crippen LogP contribution >= 0.6 is 0 Å². The van der Waals surface area contributed by atoms with E-state index in [9.17, 15) is 14.7 Å². The van der Waals surface area contributed by atoms with Crippen molar-refractivity contribution in [3.05, 3.63) is 0 Å². The number of hydrogen-bond acceptors (Lipinski definition) is 3. The van der Waals surface area contributed by atoms with Gasteiger partial charge in [-0.05, 0) is 19.3 Å². The zero-order valence-electron chi connectivity index (χ0n) is 14.4. The van der Waals surface area contributed by atoms with Crippen molar-refractivity contribution in [2.75, 3.05) is 6.54 Å². The van der Waals surface area contributed by atoms with Gasteiger partial charge in [0.05, 0.1) is 12.0 Å². The van der Waals surface area contributed by atoms with Gasteiger partial charge in [-0.3, -0.25) is 4.79 Å². The Labute approximate surface area is 157 Å². The number of unbranched alkanes of at least 4 members (excludes halogenated alkanes) is 8. The monoisotopic (exact) mass is 319 g/mol. The first-order chi connectivity index (χ1) is 10.2. The summed E-state index contributed by atoms with van der Waals surface area (Å²) in [4.78, 5) is 24.4. The molecule has 1 saturated heterocycles. The molecule has 1 heterocycles. The topological polar surface area (TPSA) is 60.4 Å². The average molecular weight is 319 g/mol. The molecule has 0 aromatic rings. The number of carboxylic acid groups (broad SMARTS) is 1. The van der Waals surface area contributed by atoms with E-state index in [0.717, 1.165) is 19.3 Å². The van der Waals surface area contributed by atoms with Gasteiger partial charge in [0.2, 0.25) is 5.91 Å². The standard InChI is InChI=1S/C17H31NO3.Na/c1-2-3-4-5-6-7-8-9-10-13-16(19)18-14-11-12-15(18)17(20)21;/h15H,2-14H2,1H3,(H,20,21);/q;+1/p-1/t15-;/m1./s1. The summed E-state index contributed by atoms with van der Waals surface area (Å²) in [5.74, 6) is -1.11. The summed E-state index contributed by atoms with van der Waals surface area (Å²) in [6.07, 6.45) is 12.8. The smallest absolute Gasteiger partial charge is 0.548 e. The van der Waals surface area contributed by atoms with E-state index in [0.29, 0.717) is 19.4 Å². The van der Waals surface area contributed by atoms with Gasteiger partial charge < -0.3 is 14.8 Å². The van der Waals surface area contributed by atoms with Gasteiger partial charge in [0.1, 0.15) is 0 Å². The number of carbonyl (C=O) groups excluding carboxylic acids is 2. The molecule has 22 heavy (non-hydrogen) atoms. The quantitative estimate of drug-likeness (QED) is 0.386. The van der Waals surface area contributed by atoms with E-state index < -0.39 is 12.0 Å². The zero-order valence-corrected chi connectivity index (χ0v) is 16.4. The maximum absolute atomic E-state index is 12.0. The predicted octanol–water partition coefficient (Wildman–Crippen LogP) is -0.348. The van der Waals surface area contributed by atoms with E-state index in [4.69, 9.17) is 0 Å². The molecule has 1 amide bonds. The van der Waals surface area contributed by atoms with Gasteiger partial charge in [-0.25, -0.2) is 0 Å². The Kier molecular flexibility index (Phi) is 13.3. The number of amides is 1. The van der Waals surface area contributed by atoms with Crippen molar-refractivity contribution < 1.29 is 44.3 Å². The average Bonchev–Trinajstić information content (AvgIpc) is 2.95. The fourth-order valence-corrected chi connectivity index (χ4v) is 3.04. The molecule has 1 fully saturated rings. The Hall–Kier alpha value is -0.0600. The molecule has 0 unspecified atom stereocenters. The van der Waals surface area contributed by atoms with Gasteiger partial charge in [-0.15, -0.1) is 0 Å². The Morgan fingerprint density at radius 3 is 2.09 bits per heavy atom. The maximum Gasteiger partial charge on any atom is 1.00 e. The van der Waals surface area contributed by atoms with Crippen LogP contribution in [0.4, 0.5) is 0 Å². The molecule has 122 valence electrons. The first kappa shape index (κ1) is 21.9. The summed E-state index contributed by atoms with van der Waals surface area (Å²) in [5.41, 5.74) is 0. The van der Waals surface area contributed by atoms with Crippen molar-refractivity contribution in [3.8, 4) is 0 Å². The van der Waals surface area contributed by atoms with Crippen molar-refractivity contribution >= 4 is 11.9 Å². The minimum atomic E-state index is -1.10. The SMILES string of the molecule is CCCCCCCCCCCC(=O)N1CCC[C@@H]1C(=O)[O-].[Na+]. The molecule has 0 saturated carbocycles. The third-order valence-corrected chi connectivity index (χ3v) is 4.34. The fraction of sp³-hybridized carbons (Fsp3) is 0.882. The molecule has 1 atom stereocenters. The molecule has 0 aromatic heterocycles. The van der Waals surface area contributed by atoms with E-state index in [2.05, 4.69) is 6.92 Å². The molecule has 1 rings (SSSR count). The van der Waals surface area contributed by atoms with Crippen LogP contribution in [0.15, 0.2) is 0 Å². The van der Waals surface area contributed by atoms with Crippen LogP contribution in [0.25, 0.3) is 0 Å². The van der Waals surface area contributed by atoms with Gasteiger partial charge in [0, 0.05) is 13.0 Å². The van der Waals surface area contributed by atoms with Crippen molar-refractivity contribution in [1.29, 1.82) is 0 Å². The van der Waals surface area contributed by atoms with Crippen LogP contribution in [0.3, 0.4) is 0 Å². The second-order valence-electron chi connectivity index (χ2n) is 6.14. The molecule has 1 aliphatic rings. The van der Waals surface area contributed by atoms with Crippen LogP contribution < -0.4 is 34.7 Å². The molecule has 4 nitrogen and oxygen atoms in total. The molecular formula is C17H30NNaO3.